The van der Waals surface area contributed by atoms with E-state index in [0.29, 0.717) is 17.7 Å². The summed E-state index contributed by atoms with van der Waals surface area (Å²) in [7, 11) is 1.98. The van der Waals surface area contributed by atoms with Crippen molar-refractivity contribution in [2.75, 3.05) is 13.1 Å². The van der Waals surface area contributed by atoms with Crippen molar-refractivity contribution in [3.63, 3.8) is 0 Å². The van der Waals surface area contributed by atoms with Crippen molar-refractivity contribution in [1.82, 2.24) is 24.4 Å². The summed E-state index contributed by atoms with van der Waals surface area (Å²) in [5, 5.41) is 0. The first-order valence-corrected chi connectivity index (χ1v) is 10.7. The summed E-state index contributed by atoms with van der Waals surface area (Å²) in [5.74, 6) is 1.42. The normalized spacial score (nSPS) is 21.0. The lowest BCUT2D eigenvalue weighted by molar-refractivity contribution is -0.134. The van der Waals surface area contributed by atoms with Crippen molar-refractivity contribution in [2.24, 2.45) is 18.9 Å². The fraction of sp³-hybridized carbons (Fsp3) is 0.636. The SMILES string of the molecule is Cn1cncc1-c1nccnc1C[C@@H]1CCCN(C(=O)CC2CCCCC2)C1. The second-order valence-corrected chi connectivity index (χ2v) is 8.50. The van der Waals surface area contributed by atoms with Crippen LogP contribution in [-0.4, -0.2) is 43.4 Å². The summed E-state index contributed by atoms with van der Waals surface area (Å²) in [6.45, 7) is 1.77. The van der Waals surface area contributed by atoms with Crippen molar-refractivity contribution in [3.8, 4) is 11.4 Å². The molecule has 2 aliphatic rings. The molecule has 1 saturated carbocycles. The third kappa shape index (κ3) is 4.42. The maximum Gasteiger partial charge on any atom is 0.222 e. The maximum absolute atomic E-state index is 12.8. The number of carbonyl (C=O) groups excluding carboxylic acids is 1. The van der Waals surface area contributed by atoms with Gasteiger partial charge >= 0.3 is 0 Å². The van der Waals surface area contributed by atoms with Gasteiger partial charge in [0.25, 0.3) is 0 Å². The molecule has 6 heteroatoms. The van der Waals surface area contributed by atoms with E-state index in [1.807, 2.05) is 17.8 Å². The molecule has 1 atom stereocenters. The number of likely N-dealkylation sites (tertiary alicyclic amines) is 1. The largest absolute Gasteiger partial charge is 0.342 e. The van der Waals surface area contributed by atoms with Gasteiger partial charge in [0.05, 0.1) is 23.9 Å². The van der Waals surface area contributed by atoms with Gasteiger partial charge in [-0.05, 0) is 43.9 Å². The van der Waals surface area contributed by atoms with Gasteiger partial charge in [-0.1, -0.05) is 19.3 Å². The Balaban J connectivity index is 1.40. The van der Waals surface area contributed by atoms with E-state index in [4.69, 9.17) is 0 Å². The number of hydrogen-bond donors (Lipinski definition) is 0. The number of hydrogen-bond acceptors (Lipinski definition) is 4. The molecule has 1 aliphatic carbocycles. The van der Waals surface area contributed by atoms with Crippen LogP contribution in [0.15, 0.2) is 24.9 Å². The highest BCUT2D eigenvalue weighted by atomic mass is 16.2. The van der Waals surface area contributed by atoms with E-state index >= 15 is 0 Å². The second-order valence-electron chi connectivity index (χ2n) is 8.50. The van der Waals surface area contributed by atoms with Crippen molar-refractivity contribution in [2.45, 2.75) is 57.8 Å². The van der Waals surface area contributed by atoms with Gasteiger partial charge in [0, 0.05) is 39.0 Å². The minimum absolute atomic E-state index is 0.364. The van der Waals surface area contributed by atoms with Gasteiger partial charge in [-0.3, -0.25) is 14.8 Å². The third-order valence-electron chi connectivity index (χ3n) is 6.38. The number of rotatable bonds is 5. The average Bonchev–Trinajstić information content (AvgIpc) is 3.15. The molecule has 1 aliphatic heterocycles. The molecule has 1 saturated heterocycles. The number of nitrogens with zero attached hydrogens (tertiary/aromatic N) is 5. The summed E-state index contributed by atoms with van der Waals surface area (Å²) in [4.78, 5) is 28.4. The smallest absolute Gasteiger partial charge is 0.222 e. The summed E-state index contributed by atoms with van der Waals surface area (Å²) in [5.41, 5.74) is 2.91. The van der Waals surface area contributed by atoms with Gasteiger partial charge in [0.15, 0.2) is 0 Å². The Morgan fingerprint density at radius 3 is 2.64 bits per heavy atom. The van der Waals surface area contributed by atoms with Crippen molar-refractivity contribution in [3.05, 3.63) is 30.6 Å². The molecule has 2 aromatic heterocycles. The molecular formula is C22H31N5O. The Bertz CT molecular complexity index is 796. The zero-order chi connectivity index (χ0) is 19.3. The molecule has 28 heavy (non-hydrogen) atoms. The van der Waals surface area contributed by atoms with Crippen LogP contribution in [0.4, 0.5) is 0 Å². The molecule has 0 N–H and O–H groups in total. The predicted molar refractivity (Wildman–Crippen MR) is 108 cm³/mol. The molecule has 150 valence electrons. The number of aryl methyl sites for hydroxylation is 1. The molecule has 0 bridgehead atoms. The molecule has 2 aromatic rings. The first-order valence-electron chi connectivity index (χ1n) is 10.7. The first-order chi connectivity index (χ1) is 13.7. The van der Waals surface area contributed by atoms with Crippen LogP contribution in [0.2, 0.25) is 0 Å². The summed E-state index contributed by atoms with van der Waals surface area (Å²) >= 11 is 0. The Morgan fingerprint density at radius 2 is 1.86 bits per heavy atom. The zero-order valence-electron chi connectivity index (χ0n) is 16.9. The predicted octanol–water partition coefficient (Wildman–Crippen LogP) is 3.63. The van der Waals surface area contributed by atoms with E-state index in [9.17, 15) is 4.79 Å². The van der Waals surface area contributed by atoms with E-state index < -0.39 is 0 Å². The van der Waals surface area contributed by atoms with Crippen molar-refractivity contribution in [1.29, 1.82) is 0 Å². The summed E-state index contributed by atoms with van der Waals surface area (Å²) < 4.78 is 1.98. The van der Waals surface area contributed by atoms with Crippen LogP contribution >= 0.6 is 0 Å². The van der Waals surface area contributed by atoms with E-state index in [1.165, 1.54) is 32.1 Å². The number of aromatic nitrogens is 4. The summed E-state index contributed by atoms with van der Waals surface area (Å²) in [6, 6.07) is 0. The van der Waals surface area contributed by atoms with Gasteiger partial charge in [0.2, 0.25) is 5.91 Å². The molecule has 3 heterocycles. The van der Waals surface area contributed by atoms with Crippen LogP contribution < -0.4 is 0 Å². The van der Waals surface area contributed by atoms with Crippen LogP contribution in [0.3, 0.4) is 0 Å². The van der Waals surface area contributed by atoms with Crippen LogP contribution in [0, 0.1) is 11.8 Å². The van der Waals surface area contributed by atoms with Crippen LogP contribution in [-0.2, 0) is 18.3 Å². The Labute approximate surface area is 167 Å². The van der Waals surface area contributed by atoms with E-state index in [2.05, 4.69) is 19.9 Å². The second kappa shape index (κ2) is 8.84. The molecule has 0 unspecified atom stereocenters. The fourth-order valence-corrected chi connectivity index (χ4v) is 4.81. The molecule has 0 radical (unpaired) electrons. The highest BCUT2D eigenvalue weighted by Crippen LogP contribution is 2.29. The van der Waals surface area contributed by atoms with Gasteiger partial charge in [0.1, 0.15) is 5.69 Å². The van der Waals surface area contributed by atoms with Crippen LogP contribution in [0.25, 0.3) is 11.4 Å². The van der Waals surface area contributed by atoms with Crippen molar-refractivity contribution >= 4 is 5.91 Å². The topological polar surface area (TPSA) is 63.9 Å². The lowest BCUT2D eigenvalue weighted by Gasteiger charge is -2.34. The van der Waals surface area contributed by atoms with E-state index in [0.717, 1.165) is 55.9 Å². The molecule has 0 aromatic carbocycles. The highest BCUT2D eigenvalue weighted by molar-refractivity contribution is 5.76. The molecule has 2 fully saturated rings. The Morgan fingerprint density at radius 1 is 1.07 bits per heavy atom. The Hall–Kier alpha value is -2.24. The monoisotopic (exact) mass is 381 g/mol. The van der Waals surface area contributed by atoms with Crippen LogP contribution in [0.5, 0.6) is 0 Å². The standard InChI is InChI=1S/C22H31N5O/c1-26-16-23-14-20(26)22-19(24-9-10-25-22)12-18-8-5-11-27(15-18)21(28)13-17-6-3-2-4-7-17/h9-10,14,16-18H,2-8,11-13,15H2,1H3/t18-/m0/s1. The summed E-state index contributed by atoms with van der Waals surface area (Å²) in [6.07, 6.45) is 17.4. The maximum atomic E-state index is 12.8. The van der Waals surface area contributed by atoms with Gasteiger partial charge in [-0.15, -0.1) is 0 Å². The van der Waals surface area contributed by atoms with E-state index in [-0.39, 0.29) is 0 Å². The number of amides is 1. The molecule has 4 rings (SSSR count). The minimum atomic E-state index is 0.364. The quantitative estimate of drug-likeness (QED) is 0.793. The average molecular weight is 382 g/mol. The van der Waals surface area contributed by atoms with Gasteiger partial charge < -0.3 is 9.47 Å². The lowest BCUT2D eigenvalue weighted by atomic mass is 9.86. The van der Waals surface area contributed by atoms with Gasteiger partial charge in [-0.2, -0.15) is 0 Å². The third-order valence-corrected chi connectivity index (χ3v) is 6.38. The van der Waals surface area contributed by atoms with E-state index in [1.54, 1.807) is 18.7 Å². The Kier molecular flexibility index (Phi) is 6.03. The number of carbonyl (C=O) groups is 1. The van der Waals surface area contributed by atoms with Crippen LogP contribution in [0.1, 0.15) is 57.1 Å². The van der Waals surface area contributed by atoms with Crippen molar-refractivity contribution < 1.29 is 4.79 Å². The molecule has 1 amide bonds. The molecular weight excluding hydrogens is 350 g/mol. The molecule has 0 spiro atoms. The minimum Gasteiger partial charge on any atom is -0.342 e. The number of imidazole rings is 1. The lowest BCUT2D eigenvalue weighted by Crippen LogP contribution is -2.41. The number of piperidine rings is 1. The zero-order valence-corrected chi connectivity index (χ0v) is 16.9. The fourth-order valence-electron chi connectivity index (χ4n) is 4.81. The highest BCUT2D eigenvalue weighted by Gasteiger charge is 2.27. The van der Waals surface area contributed by atoms with Gasteiger partial charge in [-0.25, -0.2) is 4.98 Å². The first kappa shape index (κ1) is 19.1. The molecule has 6 nitrogen and oxygen atoms in total.